The second kappa shape index (κ2) is 165. The molecule has 59 valence electrons. The van der Waals surface area contributed by atoms with Crippen LogP contribution >= 0.6 is 0 Å². The summed E-state index contributed by atoms with van der Waals surface area (Å²) in [5, 5.41) is 0. The summed E-state index contributed by atoms with van der Waals surface area (Å²) < 4.78 is 0. The molecule has 0 unspecified atom stereocenters. The summed E-state index contributed by atoms with van der Waals surface area (Å²) in [6, 6.07) is 0. The minimum Gasteiger partial charge on any atom is -2.00 e. The summed E-state index contributed by atoms with van der Waals surface area (Å²) in [6.45, 7) is 0. The Hall–Kier alpha value is 1.34. The van der Waals surface area contributed by atoms with Gasteiger partial charge in [0.25, 0.3) is 0 Å². The van der Waals surface area contributed by atoms with Crippen molar-refractivity contribution in [3.63, 3.8) is 0 Å². The maximum Gasteiger partial charge on any atom is 2.00 e. The summed E-state index contributed by atoms with van der Waals surface area (Å²) in [5.74, 6) is 0. The van der Waals surface area contributed by atoms with Crippen LogP contribution in [0.3, 0.4) is 0 Å². The molecule has 0 saturated carbocycles. The summed E-state index contributed by atoms with van der Waals surface area (Å²) in [5.41, 5.74) is 0. The monoisotopic (exact) mass is 259 g/mol. The molecule has 0 rings (SSSR count). The van der Waals surface area contributed by atoms with Crippen LogP contribution in [-0.4, -0.2) is 0 Å². The van der Waals surface area contributed by atoms with Crippen LogP contribution in [0, 0.1) is 0 Å². The van der Waals surface area contributed by atoms with Crippen molar-refractivity contribution in [2.75, 3.05) is 0 Å². The fourth-order valence-electron chi connectivity index (χ4n) is 0. The largest absolute Gasteiger partial charge is 2.00 e. The van der Waals surface area contributed by atoms with Crippen LogP contribution < -0.4 is 9.41 Å². The maximum atomic E-state index is 0. The topological polar surface area (TPSA) is 57.0 Å². The molecule has 0 aromatic carbocycles. The number of rotatable bonds is 0. The van der Waals surface area contributed by atoms with Gasteiger partial charge in [0.15, 0.2) is 0 Å². The predicted octanol–water partition coefficient (Wildman–Crippen LogP) is -6.24. The Bertz CT molecular complexity index is 10.9. The normalized spacial score (nSPS) is 0. The third-order valence-corrected chi connectivity index (χ3v) is 0. The number of halogens is 2. The van der Waals surface area contributed by atoms with E-state index in [0.717, 1.165) is 0 Å². The third-order valence-electron chi connectivity index (χ3n) is 0. The first kappa shape index (κ1) is 251. The number of hydrogen-bond donors (Lipinski definition) is 0. The van der Waals surface area contributed by atoms with Gasteiger partial charge >= 0.3 is 51.2 Å². The van der Waals surface area contributed by atoms with Crippen LogP contribution in [0.2, 0.25) is 0 Å². The molecule has 7 heavy (non-hydrogen) atoms. The average molecular weight is 261 g/mol. The van der Waals surface area contributed by atoms with E-state index in [4.69, 9.17) is 0 Å². The molecule has 0 atom stereocenters. The zero-order valence-electron chi connectivity index (χ0n) is 2.48. The summed E-state index contributed by atoms with van der Waals surface area (Å²) in [7, 11) is 0. The quantitative estimate of drug-likeness (QED) is 0.389. The first-order chi connectivity index (χ1) is 0. The first-order valence-electron chi connectivity index (χ1n) is 0. The molecular formula is Cu3F2O2. The van der Waals surface area contributed by atoms with E-state index >= 15 is 0 Å². The summed E-state index contributed by atoms with van der Waals surface area (Å²) >= 11 is 0. The smallest absolute Gasteiger partial charge is 2.00 e. The molecule has 0 aliphatic rings. The van der Waals surface area contributed by atoms with Crippen LogP contribution in [-0.2, 0) is 62.2 Å². The number of hydrogen-bond acceptors (Lipinski definition) is 0. The standard InChI is InChI=1S/3Cu.2FH.2O/h;;;2*1H;;/q3*+2;;;2*-2/p-2. The van der Waals surface area contributed by atoms with E-state index < -0.39 is 0 Å². The minimum absolute atomic E-state index is 0. The van der Waals surface area contributed by atoms with E-state index in [1.54, 1.807) is 0 Å². The molecule has 0 saturated heterocycles. The molecule has 0 aliphatic carbocycles. The van der Waals surface area contributed by atoms with Gasteiger partial charge in [-0.15, -0.1) is 0 Å². The van der Waals surface area contributed by atoms with Gasteiger partial charge in [0.05, 0.1) is 0 Å². The van der Waals surface area contributed by atoms with Crippen molar-refractivity contribution in [3.05, 3.63) is 0 Å². The van der Waals surface area contributed by atoms with E-state index in [1.165, 1.54) is 0 Å². The molecule has 0 spiro atoms. The van der Waals surface area contributed by atoms with Gasteiger partial charge in [-0.05, 0) is 0 Å². The Morgan fingerprint density at radius 2 is 0.429 bits per heavy atom. The third kappa shape index (κ3) is 117. The van der Waals surface area contributed by atoms with Crippen molar-refractivity contribution >= 4 is 0 Å². The van der Waals surface area contributed by atoms with E-state index in [1.807, 2.05) is 0 Å². The second-order valence-corrected chi connectivity index (χ2v) is 0. The Kier molecular flexibility index (Phi) is 5890. The molecule has 0 amide bonds. The van der Waals surface area contributed by atoms with Gasteiger partial charge in [0, 0.05) is 0 Å². The fourth-order valence-corrected chi connectivity index (χ4v) is 0. The fraction of sp³-hybridized carbons (Fsp3) is 0. The van der Waals surface area contributed by atoms with Gasteiger partial charge in [0.1, 0.15) is 0 Å². The molecule has 0 bridgehead atoms. The molecule has 0 N–H and O–H groups in total. The van der Waals surface area contributed by atoms with Crippen molar-refractivity contribution < 1.29 is 71.6 Å². The predicted molar refractivity (Wildman–Crippen MR) is 1.37 cm³/mol. The van der Waals surface area contributed by atoms with Crippen molar-refractivity contribution in [2.24, 2.45) is 0 Å². The van der Waals surface area contributed by atoms with Crippen LogP contribution in [0.1, 0.15) is 0 Å². The van der Waals surface area contributed by atoms with Gasteiger partial charge in [0.2, 0.25) is 0 Å². The van der Waals surface area contributed by atoms with E-state index in [0.29, 0.717) is 0 Å². The van der Waals surface area contributed by atoms with E-state index in [-0.39, 0.29) is 71.6 Å². The van der Waals surface area contributed by atoms with E-state index in [9.17, 15) is 0 Å². The Morgan fingerprint density at radius 3 is 0.429 bits per heavy atom. The second-order valence-electron chi connectivity index (χ2n) is 0. The van der Waals surface area contributed by atoms with Crippen molar-refractivity contribution in [2.45, 2.75) is 0 Å². The van der Waals surface area contributed by atoms with Crippen molar-refractivity contribution in [1.29, 1.82) is 0 Å². The zero-order valence-corrected chi connectivity index (χ0v) is 5.30. The van der Waals surface area contributed by atoms with Gasteiger partial charge < -0.3 is 20.4 Å². The van der Waals surface area contributed by atoms with Gasteiger partial charge in [-0.1, -0.05) is 0 Å². The SMILES string of the molecule is [Cu+2].[Cu+2].[Cu+2].[F-].[F-].[O-2].[O-2]. The molecule has 0 aliphatic heterocycles. The average Bonchev–Trinajstić information content (AvgIpc) is 0. The van der Waals surface area contributed by atoms with Crippen LogP contribution in [0.15, 0.2) is 0 Å². The molecule has 0 heterocycles. The Morgan fingerprint density at radius 1 is 0.429 bits per heavy atom. The van der Waals surface area contributed by atoms with Crippen molar-refractivity contribution in [3.8, 4) is 0 Å². The zero-order chi connectivity index (χ0) is 0. The van der Waals surface area contributed by atoms with Crippen LogP contribution in [0.25, 0.3) is 0 Å². The van der Waals surface area contributed by atoms with Crippen molar-refractivity contribution in [1.82, 2.24) is 0 Å². The summed E-state index contributed by atoms with van der Waals surface area (Å²) in [4.78, 5) is 0. The molecule has 0 aromatic rings. The molecular weight excluding hydrogens is 261 g/mol. The first-order valence-corrected chi connectivity index (χ1v) is 0. The maximum absolute atomic E-state index is 0. The van der Waals surface area contributed by atoms with Gasteiger partial charge in [-0.2, -0.15) is 0 Å². The molecule has 7 heteroatoms. The summed E-state index contributed by atoms with van der Waals surface area (Å²) in [6.07, 6.45) is 0. The van der Waals surface area contributed by atoms with Gasteiger partial charge in [-0.3, -0.25) is 0 Å². The Balaban J connectivity index is 0. The molecule has 3 radical (unpaired) electrons. The Labute approximate surface area is 71.6 Å². The molecule has 0 fully saturated rings. The van der Waals surface area contributed by atoms with Gasteiger partial charge in [-0.25, -0.2) is 0 Å². The van der Waals surface area contributed by atoms with Crippen LogP contribution in [0.5, 0.6) is 0 Å². The molecule has 2 nitrogen and oxygen atoms in total. The molecule has 0 aromatic heterocycles. The van der Waals surface area contributed by atoms with Crippen LogP contribution in [0.4, 0.5) is 0 Å². The van der Waals surface area contributed by atoms with E-state index in [2.05, 4.69) is 0 Å². The minimum atomic E-state index is 0.